The Kier molecular flexibility index (Phi) is 4.11. The standard InChI is InChI=1S/C20H21NO3/c22-20(11-9-14-8-10-18-19(12-14)24-13-23-18)21-17-7-3-5-15-4-1-2-6-16(15)17/h1-2,4,6,8,10,12,17H,3,5,7,9,11,13H2,(H,21,22)/t17-/m0/s1. The minimum Gasteiger partial charge on any atom is -0.454 e. The third kappa shape index (κ3) is 3.09. The molecule has 0 spiro atoms. The van der Waals surface area contributed by atoms with Gasteiger partial charge < -0.3 is 14.8 Å². The molecule has 1 aliphatic carbocycles. The van der Waals surface area contributed by atoms with Gasteiger partial charge in [0.05, 0.1) is 6.04 Å². The van der Waals surface area contributed by atoms with Crippen LogP contribution in [0.5, 0.6) is 11.5 Å². The van der Waals surface area contributed by atoms with Crippen molar-refractivity contribution in [1.82, 2.24) is 5.32 Å². The Hall–Kier alpha value is -2.49. The van der Waals surface area contributed by atoms with Gasteiger partial charge in [-0.25, -0.2) is 0 Å². The Balaban J connectivity index is 1.36. The molecule has 0 unspecified atom stereocenters. The van der Waals surface area contributed by atoms with E-state index >= 15 is 0 Å². The molecule has 1 heterocycles. The predicted octanol–water partition coefficient (Wildman–Crippen LogP) is 3.54. The normalized spacial score (nSPS) is 18.1. The fourth-order valence-electron chi connectivity index (χ4n) is 3.52. The number of benzene rings is 2. The minimum atomic E-state index is 0.106. The van der Waals surface area contributed by atoms with E-state index in [1.165, 1.54) is 11.1 Å². The first-order chi connectivity index (χ1) is 11.8. The number of rotatable bonds is 4. The van der Waals surface area contributed by atoms with Crippen LogP contribution in [-0.4, -0.2) is 12.7 Å². The summed E-state index contributed by atoms with van der Waals surface area (Å²) in [5.41, 5.74) is 3.74. The van der Waals surface area contributed by atoms with Crippen molar-refractivity contribution < 1.29 is 14.3 Å². The number of hydrogen-bond acceptors (Lipinski definition) is 3. The molecule has 0 fully saturated rings. The van der Waals surface area contributed by atoms with Crippen molar-refractivity contribution >= 4 is 5.91 Å². The molecule has 0 saturated heterocycles. The lowest BCUT2D eigenvalue weighted by atomic mass is 9.87. The maximum absolute atomic E-state index is 12.4. The van der Waals surface area contributed by atoms with Crippen molar-refractivity contribution in [3.63, 3.8) is 0 Å². The Labute approximate surface area is 141 Å². The van der Waals surface area contributed by atoms with Crippen molar-refractivity contribution in [3.05, 3.63) is 59.2 Å². The van der Waals surface area contributed by atoms with Crippen molar-refractivity contribution in [2.75, 3.05) is 6.79 Å². The first-order valence-electron chi connectivity index (χ1n) is 8.55. The van der Waals surface area contributed by atoms with Gasteiger partial charge in [0.1, 0.15) is 0 Å². The summed E-state index contributed by atoms with van der Waals surface area (Å²) < 4.78 is 10.7. The highest BCUT2D eigenvalue weighted by Crippen LogP contribution is 2.33. The maximum Gasteiger partial charge on any atom is 0.231 e. The molecule has 1 aliphatic heterocycles. The third-order valence-electron chi connectivity index (χ3n) is 4.78. The molecule has 4 nitrogen and oxygen atoms in total. The van der Waals surface area contributed by atoms with Crippen LogP contribution in [0, 0.1) is 0 Å². The van der Waals surface area contributed by atoms with Crippen molar-refractivity contribution in [2.24, 2.45) is 0 Å². The summed E-state index contributed by atoms with van der Waals surface area (Å²) in [6.45, 7) is 0.278. The first-order valence-corrected chi connectivity index (χ1v) is 8.55. The second-order valence-corrected chi connectivity index (χ2v) is 6.40. The lowest BCUT2D eigenvalue weighted by Crippen LogP contribution is -2.31. The van der Waals surface area contributed by atoms with Gasteiger partial charge in [-0.15, -0.1) is 0 Å². The summed E-state index contributed by atoms with van der Waals surface area (Å²) in [5, 5.41) is 3.20. The van der Waals surface area contributed by atoms with E-state index in [9.17, 15) is 4.79 Å². The molecule has 2 aromatic carbocycles. The molecule has 4 rings (SSSR count). The van der Waals surface area contributed by atoms with E-state index in [1.54, 1.807) is 0 Å². The van der Waals surface area contributed by atoms with Crippen LogP contribution in [0.25, 0.3) is 0 Å². The van der Waals surface area contributed by atoms with Gasteiger partial charge in [0.2, 0.25) is 12.7 Å². The van der Waals surface area contributed by atoms with Crippen LogP contribution in [0.3, 0.4) is 0 Å². The molecule has 1 N–H and O–H groups in total. The van der Waals surface area contributed by atoms with Gasteiger partial charge in [-0.2, -0.15) is 0 Å². The zero-order valence-electron chi connectivity index (χ0n) is 13.6. The molecule has 24 heavy (non-hydrogen) atoms. The molecular formula is C20H21NO3. The SMILES string of the molecule is O=C(CCc1ccc2c(c1)OCO2)N[C@H]1CCCc2ccccc21. The van der Waals surface area contributed by atoms with E-state index in [-0.39, 0.29) is 18.7 Å². The maximum atomic E-state index is 12.4. The summed E-state index contributed by atoms with van der Waals surface area (Å²) in [7, 11) is 0. The topological polar surface area (TPSA) is 47.6 Å². The summed E-state index contributed by atoms with van der Waals surface area (Å²) in [4.78, 5) is 12.4. The number of carbonyl (C=O) groups excluding carboxylic acids is 1. The first kappa shape index (κ1) is 15.1. The van der Waals surface area contributed by atoms with Gasteiger partial charge in [0, 0.05) is 6.42 Å². The van der Waals surface area contributed by atoms with Gasteiger partial charge >= 0.3 is 0 Å². The quantitative estimate of drug-likeness (QED) is 0.936. The van der Waals surface area contributed by atoms with Crippen molar-refractivity contribution in [3.8, 4) is 11.5 Å². The number of fused-ring (bicyclic) bond motifs is 2. The Morgan fingerprint density at radius 3 is 2.96 bits per heavy atom. The molecule has 4 heteroatoms. The van der Waals surface area contributed by atoms with Crippen LogP contribution in [0.2, 0.25) is 0 Å². The highest BCUT2D eigenvalue weighted by atomic mass is 16.7. The van der Waals surface area contributed by atoms with Gasteiger partial charge in [0.25, 0.3) is 0 Å². The van der Waals surface area contributed by atoms with Gasteiger partial charge in [-0.05, 0) is 54.5 Å². The largest absolute Gasteiger partial charge is 0.454 e. The molecule has 2 aliphatic rings. The molecule has 0 saturated carbocycles. The van der Waals surface area contributed by atoms with E-state index in [4.69, 9.17) is 9.47 Å². The third-order valence-corrected chi connectivity index (χ3v) is 4.78. The number of nitrogens with one attached hydrogen (secondary N) is 1. The van der Waals surface area contributed by atoms with Crippen LogP contribution < -0.4 is 14.8 Å². The molecular weight excluding hydrogens is 302 g/mol. The summed E-state index contributed by atoms with van der Waals surface area (Å²) in [5.74, 6) is 1.66. The van der Waals surface area contributed by atoms with E-state index in [0.717, 1.165) is 36.3 Å². The molecule has 124 valence electrons. The van der Waals surface area contributed by atoms with E-state index in [2.05, 4.69) is 29.6 Å². The van der Waals surface area contributed by atoms with Crippen LogP contribution in [0.1, 0.15) is 42.0 Å². The zero-order valence-corrected chi connectivity index (χ0v) is 13.6. The van der Waals surface area contributed by atoms with E-state index in [1.807, 2.05) is 18.2 Å². The fraction of sp³-hybridized carbons (Fsp3) is 0.350. The predicted molar refractivity (Wildman–Crippen MR) is 91.1 cm³/mol. The average Bonchev–Trinajstić information content (AvgIpc) is 3.08. The molecule has 1 atom stereocenters. The Morgan fingerprint density at radius 1 is 1.12 bits per heavy atom. The number of carbonyl (C=O) groups is 1. The van der Waals surface area contributed by atoms with Crippen molar-refractivity contribution in [1.29, 1.82) is 0 Å². The lowest BCUT2D eigenvalue weighted by Gasteiger charge is -2.26. The lowest BCUT2D eigenvalue weighted by molar-refractivity contribution is -0.121. The Bertz CT molecular complexity index is 756. The number of aryl methyl sites for hydroxylation is 2. The van der Waals surface area contributed by atoms with Crippen LogP contribution in [0.4, 0.5) is 0 Å². The molecule has 2 aromatic rings. The summed E-state index contributed by atoms with van der Waals surface area (Å²) in [6, 6.07) is 14.4. The van der Waals surface area contributed by atoms with Crippen LogP contribution in [-0.2, 0) is 17.6 Å². The zero-order chi connectivity index (χ0) is 16.4. The van der Waals surface area contributed by atoms with Crippen molar-refractivity contribution in [2.45, 2.75) is 38.1 Å². The van der Waals surface area contributed by atoms with E-state index < -0.39 is 0 Å². The summed E-state index contributed by atoms with van der Waals surface area (Å²) >= 11 is 0. The highest BCUT2D eigenvalue weighted by molar-refractivity contribution is 5.76. The summed E-state index contributed by atoms with van der Waals surface area (Å²) in [6.07, 6.45) is 4.45. The number of ether oxygens (including phenoxy) is 2. The molecule has 0 bridgehead atoms. The minimum absolute atomic E-state index is 0.106. The monoisotopic (exact) mass is 323 g/mol. The highest BCUT2D eigenvalue weighted by Gasteiger charge is 2.21. The van der Waals surface area contributed by atoms with Gasteiger partial charge in [0.15, 0.2) is 11.5 Å². The van der Waals surface area contributed by atoms with Crippen LogP contribution >= 0.6 is 0 Å². The average molecular weight is 323 g/mol. The Morgan fingerprint density at radius 2 is 2.00 bits per heavy atom. The number of hydrogen-bond donors (Lipinski definition) is 1. The molecule has 0 aromatic heterocycles. The molecule has 0 radical (unpaired) electrons. The van der Waals surface area contributed by atoms with E-state index in [0.29, 0.717) is 12.8 Å². The second-order valence-electron chi connectivity index (χ2n) is 6.40. The van der Waals surface area contributed by atoms with Crippen LogP contribution in [0.15, 0.2) is 42.5 Å². The fourth-order valence-corrected chi connectivity index (χ4v) is 3.52. The van der Waals surface area contributed by atoms with Gasteiger partial charge in [-0.1, -0.05) is 30.3 Å². The smallest absolute Gasteiger partial charge is 0.231 e. The van der Waals surface area contributed by atoms with Gasteiger partial charge in [-0.3, -0.25) is 4.79 Å². The second kappa shape index (κ2) is 6.56. The number of amides is 1. The molecule has 1 amide bonds.